The van der Waals surface area contributed by atoms with Crippen LogP contribution in [-0.4, -0.2) is 5.78 Å². The van der Waals surface area contributed by atoms with Crippen LogP contribution in [0.3, 0.4) is 0 Å². The maximum absolute atomic E-state index is 12.6. The lowest BCUT2D eigenvalue weighted by atomic mass is 9.74. The first-order valence-electron chi connectivity index (χ1n) is 8.00. The van der Waals surface area contributed by atoms with Crippen molar-refractivity contribution in [2.24, 2.45) is 5.41 Å². The van der Waals surface area contributed by atoms with E-state index in [2.05, 4.69) is 27.4 Å². The Kier molecular flexibility index (Phi) is 8.92. The predicted molar refractivity (Wildman–Crippen MR) is 98.1 cm³/mol. The molecule has 2 rings (SSSR count). The van der Waals surface area contributed by atoms with Crippen molar-refractivity contribution in [1.29, 1.82) is 5.26 Å². The van der Waals surface area contributed by atoms with E-state index >= 15 is 0 Å². The Balaban J connectivity index is 0.000000381. The van der Waals surface area contributed by atoms with Gasteiger partial charge in [0.25, 0.3) is 0 Å². The Morgan fingerprint density at radius 1 is 1.25 bits per heavy atom. The maximum atomic E-state index is 12.6. The number of benzene rings is 1. The third-order valence-electron chi connectivity index (χ3n) is 3.74. The van der Waals surface area contributed by atoms with Crippen LogP contribution in [0.5, 0.6) is 0 Å². The molecule has 0 aliphatic heterocycles. The molecule has 0 amide bonds. The van der Waals surface area contributed by atoms with E-state index in [-0.39, 0.29) is 11.2 Å². The van der Waals surface area contributed by atoms with Crippen LogP contribution in [0.2, 0.25) is 0 Å². The van der Waals surface area contributed by atoms with Gasteiger partial charge in [0.2, 0.25) is 0 Å². The van der Waals surface area contributed by atoms with Crippen LogP contribution >= 0.6 is 0 Å². The quantitative estimate of drug-likeness (QED) is 0.555. The minimum atomic E-state index is -0.320. The zero-order valence-electron chi connectivity index (χ0n) is 15.7. The molecular weight excluding hydrogens is 301 g/mol. The van der Waals surface area contributed by atoms with E-state index in [1.165, 1.54) is 11.6 Å². The van der Waals surface area contributed by atoms with E-state index in [0.717, 1.165) is 18.4 Å². The second-order valence-corrected chi connectivity index (χ2v) is 6.83. The van der Waals surface area contributed by atoms with Crippen molar-refractivity contribution in [3.63, 3.8) is 0 Å². The molecule has 2 nitrogen and oxygen atoms in total. The monoisotopic (exact) mass is 329 g/mol. The zero-order chi connectivity index (χ0) is 18.9. The largest absolute Gasteiger partial charge is 0.295 e. The summed E-state index contributed by atoms with van der Waals surface area (Å²) in [6, 6.07) is 6.27. The van der Waals surface area contributed by atoms with E-state index < -0.39 is 0 Å². The predicted octanol–water partition coefficient (Wildman–Crippen LogP) is 5.91. The van der Waals surface area contributed by atoms with Gasteiger partial charge in [-0.3, -0.25) is 4.79 Å². The number of carbonyl (C=O) groups is 1. The third kappa shape index (κ3) is 7.37. The Bertz CT molecular complexity index is 663. The van der Waals surface area contributed by atoms with E-state index in [4.69, 9.17) is 5.26 Å². The van der Waals surface area contributed by atoms with E-state index in [1.807, 2.05) is 19.9 Å². The second kappa shape index (κ2) is 9.82. The van der Waals surface area contributed by atoms with Gasteiger partial charge in [0.05, 0.1) is 11.6 Å². The molecule has 1 aliphatic carbocycles. The average Bonchev–Trinajstić information content (AvgIpc) is 2.48. The van der Waals surface area contributed by atoms with Crippen molar-refractivity contribution in [2.75, 3.05) is 0 Å². The smallest absolute Gasteiger partial charge is 0.159 e. The fraction of sp³-hybridized carbons (Fsp3) is 0.429. The average molecular weight is 329 g/mol. The molecule has 0 unspecified atom stereocenters. The number of aryl methyl sites for hydroxylation is 1. The van der Waals surface area contributed by atoms with Crippen LogP contribution in [0, 0.1) is 29.5 Å². The summed E-state index contributed by atoms with van der Waals surface area (Å²) >= 11 is 0. The number of nitriles is 1. The molecule has 0 N–H and O–H groups in total. The van der Waals surface area contributed by atoms with E-state index in [0.29, 0.717) is 16.9 Å². The van der Waals surface area contributed by atoms with Gasteiger partial charge in [0.15, 0.2) is 5.78 Å². The van der Waals surface area contributed by atoms with Crippen LogP contribution in [0.25, 0.3) is 0 Å². The normalized spacial score (nSPS) is 15.3. The van der Waals surface area contributed by atoms with Crippen LogP contribution in [0.4, 0.5) is 4.39 Å². The van der Waals surface area contributed by atoms with Gasteiger partial charge < -0.3 is 0 Å². The van der Waals surface area contributed by atoms with Gasteiger partial charge >= 0.3 is 0 Å². The first-order valence-corrected chi connectivity index (χ1v) is 8.00. The number of rotatable bonds is 0. The van der Waals surface area contributed by atoms with Crippen molar-refractivity contribution >= 4 is 5.78 Å². The van der Waals surface area contributed by atoms with Gasteiger partial charge in [-0.15, -0.1) is 6.58 Å². The molecule has 0 fully saturated rings. The summed E-state index contributed by atoms with van der Waals surface area (Å²) in [6.45, 7) is 15.2. The molecule has 0 radical (unpaired) electrons. The van der Waals surface area contributed by atoms with Crippen molar-refractivity contribution in [3.05, 3.63) is 58.9 Å². The van der Waals surface area contributed by atoms with Gasteiger partial charge in [-0.1, -0.05) is 31.6 Å². The van der Waals surface area contributed by atoms with Crippen molar-refractivity contribution in [3.8, 4) is 6.07 Å². The fourth-order valence-electron chi connectivity index (χ4n) is 2.38. The molecule has 0 saturated carbocycles. The first-order chi connectivity index (χ1) is 11.1. The Morgan fingerprint density at radius 2 is 1.79 bits per heavy atom. The summed E-state index contributed by atoms with van der Waals surface area (Å²) in [6.07, 6.45) is 3.54. The van der Waals surface area contributed by atoms with Gasteiger partial charge in [-0.25, -0.2) is 4.39 Å². The lowest BCUT2D eigenvalue weighted by Crippen LogP contribution is -2.23. The van der Waals surface area contributed by atoms with Gasteiger partial charge in [-0.05, 0) is 62.8 Å². The molecule has 1 aromatic rings. The van der Waals surface area contributed by atoms with Gasteiger partial charge in [0, 0.05) is 6.42 Å². The van der Waals surface area contributed by atoms with Crippen molar-refractivity contribution in [1.82, 2.24) is 0 Å². The minimum absolute atomic E-state index is 0.195. The summed E-state index contributed by atoms with van der Waals surface area (Å²) in [5.41, 5.74) is 3.39. The third-order valence-corrected chi connectivity index (χ3v) is 3.74. The summed E-state index contributed by atoms with van der Waals surface area (Å²) in [4.78, 5) is 11.4. The highest BCUT2D eigenvalue weighted by atomic mass is 19.1. The highest BCUT2D eigenvalue weighted by Gasteiger charge is 2.28. The summed E-state index contributed by atoms with van der Waals surface area (Å²) in [5.74, 6) is 0.0119. The molecule has 0 heterocycles. The van der Waals surface area contributed by atoms with Crippen LogP contribution in [0.1, 0.15) is 58.6 Å². The number of ketones is 1. The summed E-state index contributed by atoms with van der Waals surface area (Å²) in [5, 5.41) is 8.34. The second-order valence-electron chi connectivity index (χ2n) is 6.83. The van der Waals surface area contributed by atoms with Crippen LogP contribution in [-0.2, 0) is 4.79 Å². The van der Waals surface area contributed by atoms with Crippen molar-refractivity contribution < 1.29 is 9.18 Å². The first kappa shape index (κ1) is 21.8. The minimum Gasteiger partial charge on any atom is -0.295 e. The Labute approximate surface area is 145 Å². The van der Waals surface area contributed by atoms with Crippen LogP contribution in [0.15, 0.2) is 42.0 Å². The standard InChI is InChI=1S/C10H16O.C8H6FN.C3H6/c1-7-5-10(3,4)6-9(11)8(7)2;1-6-2-3-7(5-10)4-8(6)9;1-3-2/h5-6H2,1-4H3;2-4H,1H3;3H,1H2,2H3. The summed E-state index contributed by atoms with van der Waals surface area (Å²) in [7, 11) is 0. The van der Waals surface area contributed by atoms with Crippen LogP contribution < -0.4 is 0 Å². The topological polar surface area (TPSA) is 40.9 Å². The number of hydrogen-bond acceptors (Lipinski definition) is 2. The number of Topliss-reactive ketones (excluding diaryl/α,β-unsaturated/α-hetero) is 1. The van der Waals surface area contributed by atoms with E-state index in [1.54, 1.807) is 25.1 Å². The lowest BCUT2D eigenvalue weighted by Gasteiger charge is -2.29. The molecule has 1 aromatic carbocycles. The number of hydrogen-bond donors (Lipinski definition) is 0. The molecule has 130 valence electrons. The maximum Gasteiger partial charge on any atom is 0.159 e. The van der Waals surface area contributed by atoms with Crippen molar-refractivity contribution in [2.45, 2.75) is 54.4 Å². The Morgan fingerprint density at radius 3 is 2.21 bits per heavy atom. The molecule has 0 aromatic heterocycles. The molecule has 0 spiro atoms. The highest BCUT2D eigenvalue weighted by Crippen LogP contribution is 2.36. The lowest BCUT2D eigenvalue weighted by molar-refractivity contribution is -0.118. The van der Waals surface area contributed by atoms with Gasteiger partial charge in [0.1, 0.15) is 5.82 Å². The highest BCUT2D eigenvalue weighted by molar-refractivity contribution is 5.96. The van der Waals surface area contributed by atoms with Gasteiger partial charge in [-0.2, -0.15) is 5.26 Å². The molecular formula is C21H28FNO. The number of allylic oxidation sites excluding steroid dienone is 3. The number of carbonyl (C=O) groups excluding carboxylic acids is 1. The Hall–Kier alpha value is -2.21. The number of nitrogens with zero attached hydrogens (tertiary/aromatic N) is 1. The number of halogens is 1. The fourth-order valence-corrected chi connectivity index (χ4v) is 2.38. The molecule has 24 heavy (non-hydrogen) atoms. The molecule has 0 bridgehead atoms. The zero-order valence-corrected chi connectivity index (χ0v) is 15.7. The SMILES string of the molecule is C=CC.CC1=C(C)C(=O)CC(C)(C)C1.Cc1ccc(C#N)cc1F. The summed E-state index contributed by atoms with van der Waals surface area (Å²) < 4.78 is 12.6. The molecule has 0 atom stereocenters. The molecule has 1 aliphatic rings. The van der Waals surface area contributed by atoms with E-state index in [9.17, 15) is 9.18 Å². The molecule has 0 saturated heterocycles. The molecule has 3 heteroatoms.